The maximum Gasteiger partial charge on any atom is 0.254 e. The Balaban J connectivity index is 1.92. The first kappa shape index (κ1) is 20.8. The second kappa shape index (κ2) is 9.52. The van der Waals surface area contributed by atoms with Gasteiger partial charge in [-0.1, -0.05) is 6.07 Å². The van der Waals surface area contributed by atoms with Gasteiger partial charge in [0.25, 0.3) is 5.91 Å². The molecule has 7 nitrogen and oxygen atoms in total. The van der Waals surface area contributed by atoms with Gasteiger partial charge in [0.15, 0.2) is 0 Å². The third kappa shape index (κ3) is 4.92. The van der Waals surface area contributed by atoms with Crippen molar-refractivity contribution in [3.05, 3.63) is 41.7 Å². The zero-order valence-electron chi connectivity index (χ0n) is 17.1. The highest BCUT2D eigenvalue weighted by Gasteiger charge is 2.18. The van der Waals surface area contributed by atoms with Gasteiger partial charge < -0.3 is 27.1 Å². The summed E-state index contributed by atoms with van der Waals surface area (Å²) in [7, 11) is 0. The van der Waals surface area contributed by atoms with Gasteiger partial charge in [0.2, 0.25) is 0 Å². The van der Waals surface area contributed by atoms with E-state index in [2.05, 4.69) is 20.9 Å². The molecular formula is C22H30N6O. The summed E-state index contributed by atoms with van der Waals surface area (Å²) in [5.41, 5.74) is 9.14. The van der Waals surface area contributed by atoms with E-state index in [0.29, 0.717) is 23.7 Å². The van der Waals surface area contributed by atoms with Crippen LogP contribution < -0.4 is 21.7 Å². The normalized spacial score (nSPS) is 16.9. The molecule has 3 rings (SSSR count). The number of allylic oxidation sites excluding steroid dienone is 1. The van der Waals surface area contributed by atoms with E-state index >= 15 is 0 Å². The van der Waals surface area contributed by atoms with E-state index in [0.717, 1.165) is 35.1 Å². The van der Waals surface area contributed by atoms with Crippen LogP contribution in [0.3, 0.4) is 0 Å². The first-order chi connectivity index (χ1) is 14.0. The molecule has 29 heavy (non-hydrogen) atoms. The van der Waals surface area contributed by atoms with Crippen LogP contribution >= 0.6 is 0 Å². The monoisotopic (exact) mass is 394 g/mol. The van der Waals surface area contributed by atoms with Gasteiger partial charge in [-0.05, 0) is 57.4 Å². The summed E-state index contributed by atoms with van der Waals surface area (Å²) >= 11 is 0. The van der Waals surface area contributed by atoms with Gasteiger partial charge in [0.1, 0.15) is 0 Å². The van der Waals surface area contributed by atoms with Crippen LogP contribution in [-0.4, -0.2) is 42.3 Å². The Bertz CT molecular complexity index is 915. The lowest BCUT2D eigenvalue weighted by Gasteiger charge is -2.18. The SMILES string of the molecule is CC(C)Nc1c(C(=O)NCCC2CCCN2)cnc2ccc(/C(C=N)=C/N)cc12. The number of nitrogens with two attached hydrogens (primary N) is 1. The Morgan fingerprint density at radius 1 is 1.45 bits per heavy atom. The first-order valence-corrected chi connectivity index (χ1v) is 10.2. The molecule has 1 aliphatic heterocycles. The van der Waals surface area contributed by atoms with Crippen molar-refractivity contribution in [1.82, 2.24) is 15.6 Å². The summed E-state index contributed by atoms with van der Waals surface area (Å²) in [5, 5.41) is 18.3. The molecule has 0 aliphatic carbocycles. The fourth-order valence-corrected chi connectivity index (χ4v) is 3.67. The molecule has 1 unspecified atom stereocenters. The molecule has 0 bridgehead atoms. The van der Waals surface area contributed by atoms with Crippen molar-refractivity contribution in [3.63, 3.8) is 0 Å². The number of aromatic nitrogens is 1. The fraction of sp³-hybridized carbons (Fsp3) is 0.409. The highest BCUT2D eigenvalue weighted by molar-refractivity contribution is 6.11. The second-order valence-electron chi connectivity index (χ2n) is 7.68. The number of rotatable bonds is 8. The van der Waals surface area contributed by atoms with Crippen LogP contribution in [0.15, 0.2) is 30.6 Å². The molecule has 0 saturated carbocycles. The van der Waals surface area contributed by atoms with Crippen LogP contribution in [0.5, 0.6) is 0 Å². The molecule has 6 N–H and O–H groups in total. The maximum atomic E-state index is 12.9. The Morgan fingerprint density at radius 3 is 2.93 bits per heavy atom. The quantitative estimate of drug-likeness (QED) is 0.442. The van der Waals surface area contributed by atoms with E-state index in [1.165, 1.54) is 25.3 Å². The summed E-state index contributed by atoms with van der Waals surface area (Å²) < 4.78 is 0. The lowest BCUT2D eigenvalue weighted by molar-refractivity contribution is 0.0953. The number of nitrogens with zero attached hydrogens (tertiary/aromatic N) is 1. The number of fused-ring (bicyclic) bond motifs is 1. The van der Waals surface area contributed by atoms with Gasteiger partial charge in [-0.3, -0.25) is 9.78 Å². The van der Waals surface area contributed by atoms with Gasteiger partial charge in [0, 0.05) is 48.2 Å². The highest BCUT2D eigenvalue weighted by Crippen LogP contribution is 2.29. The van der Waals surface area contributed by atoms with Crippen molar-refractivity contribution >= 4 is 34.3 Å². The van der Waals surface area contributed by atoms with E-state index in [1.54, 1.807) is 6.20 Å². The molecule has 7 heteroatoms. The summed E-state index contributed by atoms with van der Waals surface area (Å²) in [6, 6.07) is 6.33. The van der Waals surface area contributed by atoms with Crippen molar-refractivity contribution in [2.45, 2.75) is 45.2 Å². The van der Waals surface area contributed by atoms with Crippen molar-refractivity contribution in [1.29, 1.82) is 5.41 Å². The lowest BCUT2D eigenvalue weighted by atomic mass is 10.0. The number of carbonyl (C=O) groups excluding carboxylic acids is 1. The van der Waals surface area contributed by atoms with Crippen molar-refractivity contribution < 1.29 is 4.79 Å². The molecule has 2 heterocycles. The number of hydrogen-bond acceptors (Lipinski definition) is 6. The number of nitrogens with one attached hydrogen (secondary N) is 4. The number of carbonyl (C=O) groups is 1. The average molecular weight is 395 g/mol. The minimum Gasteiger partial charge on any atom is -0.404 e. The van der Waals surface area contributed by atoms with Crippen LogP contribution in [0.25, 0.3) is 16.5 Å². The molecule has 1 aliphatic rings. The minimum absolute atomic E-state index is 0.132. The lowest BCUT2D eigenvalue weighted by Crippen LogP contribution is -2.31. The Hall–Kier alpha value is -2.93. The Labute approximate surface area is 171 Å². The highest BCUT2D eigenvalue weighted by atomic mass is 16.1. The van der Waals surface area contributed by atoms with Crippen LogP contribution in [0.2, 0.25) is 0 Å². The zero-order chi connectivity index (χ0) is 20.8. The van der Waals surface area contributed by atoms with E-state index < -0.39 is 0 Å². The minimum atomic E-state index is -0.132. The standard InChI is InChI=1S/C22H30N6O/c1-14(2)28-21-18-10-15(16(11-23)12-24)5-6-20(18)27-13-19(21)22(29)26-9-7-17-4-3-8-25-17/h5-6,10-14,17,23,25H,3-4,7-9,24H2,1-2H3,(H,26,29)(H,27,28)/b16-12+,23-11?. The predicted octanol–water partition coefficient (Wildman–Crippen LogP) is 2.88. The Kier molecular flexibility index (Phi) is 6.82. The van der Waals surface area contributed by atoms with Crippen molar-refractivity contribution in [3.8, 4) is 0 Å². The number of pyridine rings is 1. The average Bonchev–Trinajstić information content (AvgIpc) is 3.22. The van der Waals surface area contributed by atoms with Crippen LogP contribution in [-0.2, 0) is 0 Å². The topological polar surface area (TPSA) is 116 Å². The Morgan fingerprint density at radius 2 is 2.28 bits per heavy atom. The fourth-order valence-electron chi connectivity index (χ4n) is 3.67. The number of benzene rings is 1. The number of hydrogen-bond donors (Lipinski definition) is 5. The smallest absolute Gasteiger partial charge is 0.254 e. The van der Waals surface area contributed by atoms with Gasteiger partial charge in [0.05, 0.1) is 16.8 Å². The number of amides is 1. The van der Waals surface area contributed by atoms with E-state index in [9.17, 15) is 4.79 Å². The molecule has 2 aromatic rings. The van der Waals surface area contributed by atoms with E-state index in [1.807, 2.05) is 32.0 Å². The summed E-state index contributed by atoms with van der Waals surface area (Å²) in [5.74, 6) is -0.132. The zero-order valence-corrected chi connectivity index (χ0v) is 17.1. The second-order valence-corrected chi connectivity index (χ2v) is 7.68. The van der Waals surface area contributed by atoms with Crippen LogP contribution in [0.1, 0.15) is 49.0 Å². The van der Waals surface area contributed by atoms with E-state index in [4.69, 9.17) is 11.1 Å². The summed E-state index contributed by atoms with van der Waals surface area (Å²) in [4.78, 5) is 17.4. The molecule has 1 fully saturated rings. The molecular weight excluding hydrogens is 364 g/mol. The molecule has 1 atom stereocenters. The first-order valence-electron chi connectivity index (χ1n) is 10.2. The molecule has 154 valence electrons. The molecule has 1 saturated heterocycles. The van der Waals surface area contributed by atoms with Crippen LogP contribution in [0.4, 0.5) is 5.69 Å². The van der Waals surface area contributed by atoms with Crippen molar-refractivity contribution in [2.24, 2.45) is 5.73 Å². The molecule has 1 amide bonds. The van der Waals surface area contributed by atoms with Gasteiger partial charge in [-0.25, -0.2) is 0 Å². The maximum absolute atomic E-state index is 12.9. The molecule has 0 radical (unpaired) electrons. The van der Waals surface area contributed by atoms with Gasteiger partial charge in [-0.2, -0.15) is 0 Å². The van der Waals surface area contributed by atoms with Gasteiger partial charge >= 0.3 is 0 Å². The summed E-state index contributed by atoms with van der Waals surface area (Å²) in [6.07, 6.45) is 7.55. The summed E-state index contributed by atoms with van der Waals surface area (Å²) in [6.45, 7) is 5.76. The molecule has 1 aromatic carbocycles. The largest absolute Gasteiger partial charge is 0.404 e. The third-order valence-corrected chi connectivity index (χ3v) is 5.15. The van der Waals surface area contributed by atoms with E-state index in [-0.39, 0.29) is 11.9 Å². The predicted molar refractivity (Wildman–Crippen MR) is 119 cm³/mol. The number of anilines is 1. The molecule has 0 spiro atoms. The van der Waals surface area contributed by atoms with Gasteiger partial charge in [-0.15, -0.1) is 0 Å². The molecule has 1 aromatic heterocycles. The van der Waals surface area contributed by atoms with Crippen molar-refractivity contribution in [2.75, 3.05) is 18.4 Å². The third-order valence-electron chi connectivity index (χ3n) is 5.15. The van der Waals surface area contributed by atoms with Crippen LogP contribution in [0, 0.1) is 5.41 Å².